The van der Waals surface area contributed by atoms with Gasteiger partial charge in [0.1, 0.15) is 5.82 Å². The zero-order valence-electron chi connectivity index (χ0n) is 8.72. The summed E-state index contributed by atoms with van der Waals surface area (Å²) in [6, 6.07) is 3.66. The lowest BCUT2D eigenvalue weighted by atomic mass is 10.2. The molecule has 4 nitrogen and oxygen atoms in total. The predicted molar refractivity (Wildman–Crippen MR) is 55.9 cm³/mol. The molecule has 1 aromatic carbocycles. The Bertz CT molecular complexity index is 509. The van der Waals surface area contributed by atoms with E-state index >= 15 is 0 Å². The number of aliphatic hydroxyl groups excluding tert-OH is 1. The van der Waals surface area contributed by atoms with E-state index in [0.717, 1.165) is 10.4 Å². The van der Waals surface area contributed by atoms with Gasteiger partial charge in [0.15, 0.2) is 0 Å². The summed E-state index contributed by atoms with van der Waals surface area (Å²) in [6.07, 6.45) is -0.608. The van der Waals surface area contributed by atoms with E-state index in [0.29, 0.717) is 5.56 Å². The number of hydrogen-bond acceptors (Lipinski definition) is 3. The number of nitrogens with zero attached hydrogens (tertiary/aromatic N) is 1. The first kappa shape index (κ1) is 11.5. The number of sulfonamides is 1. The summed E-state index contributed by atoms with van der Waals surface area (Å²) < 4.78 is 38.1. The molecule has 1 saturated heterocycles. The van der Waals surface area contributed by atoms with E-state index in [-0.39, 0.29) is 18.0 Å². The summed E-state index contributed by atoms with van der Waals surface area (Å²) >= 11 is 0. The molecule has 1 fully saturated rings. The van der Waals surface area contributed by atoms with Gasteiger partial charge in [-0.1, -0.05) is 6.07 Å². The van der Waals surface area contributed by atoms with Gasteiger partial charge in [-0.15, -0.1) is 0 Å². The minimum Gasteiger partial charge on any atom is -0.390 e. The zero-order valence-corrected chi connectivity index (χ0v) is 9.54. The van der Waals surface area contributed by atoms with E-state index in [4.69, 9.17) is 5.11 Å². The van der Waals surface area contributed by atoms with Gasteiger partial charge in [0.25, 0.3) is 0 Å². The van der Waals surface area contributed by atoms with Crippen molar-refractivity contribution < 1.29 is 17.9 Å². The van der Waals surface area contributed by atoms with Crippen molar-refractivity contribution in [3.8, 4) is 0 Å². The largest absolute Gasteiger partial charge is 0.390 e. The average molecular weight is 245 g/mol. The lowest BCUT2D eigenvalue weighted by Gasteiger charge is -2.34. The van der Waals surface area contributed by atoms with Gasteiger partial charge in [-0.2, -0.15) is 4.31 Å². The second kappa shape index (κ2) is 3.80. The van der Waals surface area contributed by atoms with E-state index in [1.165, 1.54) is 12.1 Å². The molecule has 88 valence electrons. The quantitative estimate of drug-likeness (QED) is 0.825. The fraction of sp³-hybridized carbons (Fsp3) is 0.400. The minimum absolute atomic E-state index is 0.0283. The normalized spacial score (nSPS) is 18.4. The SMILES string of the molecule is Cc1ccc(F)cc1S(=O)(=O)N1CC(O)C1. The van der Waals surface area contributed by atoms with Gasteiger partial charge in [0.05, 0.1) is 11.0 Å². The van der Waals surface area contributed by atoms with Gasteiger partial charge in [0.2, 0.25) is 10.0 Å². The molecule has 1 heterocycles. The van der Waals surface area contributed by atoms with Crippen molar-refractivity contribution >= 4 is 10.0 Å². The molecule has 0 bridgehead atoms. The van der Waals surface area contributed by atoms with Crippen LogP contribution in [0.25, 0.3) is 0 Å². The summed E-state index contributed by atoms with van der Waals surface area (Å²) in [7, 11) is -3.66. The van der Waals surface area contributed by atoms with Crippen LogP contribution >= 0.6 is 0 Å². The molecule has 0 unspecified atom stereocenters. The second-order valence-corrected chi connectivity index (χ2v) is 5.79. The van der Waals surface area contributed by atoms with Crippen LogP contribution < -0.4 is 0 Å². The van der Waals surface area contributed by atoms with Crippen molar-refractivity contribution in [2.24, 2.45) is 0 Å². The monoisotopic (exact) mass is 245 g/mol. The molecular formula is C10H12FNO3S. The smallest absolute Gasteiger partial charge is 0.243 e. The third-order valence-electron chi connectivity index (χ3n) is 2.60. The van der Waals surface area contributed by atoms with Crippen molar-refractivity contribution in [2.75, 3.05) is 13.1 Å². The van der Waals surface area contributed by atoms with Gasteiger partial charge in [-0.3, -0.25) is 0 Å². The van der Waals surface area contributed by atoms with Crippen LogP contribution in [0.4, 0.5) is 4.39 Å². The zero-order chi connectivity index (χ0) is 11.9. The number of aryl methyl sites for hydroxylation is 1. The molecule has 1 N–H and O–H groups in total. The highest BCUT2D eigenvalue weighted by molar-refractivity contribution is 7.89. The van der Waals surface area contributed by atoms with Crippen LogP contribution in [-0.4, -0.2) is 37.0 Å². The maximum atomic E-state index is 13.0. The molecule has 0 radical (unpaired) electrons. The van der Waals surface area contributed by atoms with Crippen LogP contribution in [0.5, 0.6) is 0 Å². The van der Waals surface area contributed by atoms with E-state index in [1.807, 2.05) is 0 Å². The highest BCUT2D eigenvalue weighted by Gasteiger charge is 2.36. The van der Waals surface area contributed by atoms with E-state index in [9.17, 15) is 12.8 Å². The number of halogens is 1. The summed E-state index contributed by atoms with van der Waals surface area (Å²) in [4.78, 5) is -0.0283. The lowest BCUT2D eigenvalue weighted by molar-refractivity contribution is 0.0547. The van der Waals surface area contributed by atoms with Crippen LogP contribution in [0.2, 0.25) is 0 Å². The Morgan fingerprint density at radius 1 is 1.44 bits per heavy atom. The third kappa shape index (κ3) is 1.83. The Balaban J connectivity index is 2.40. The summed E-state index contributed by atoms with van der Waals surface area (Å²) in [6.45, 7) is 1.78. The molecule has 1 aliphatic heterocycles. The van der Waals surface area contributed by atoms with Gasteiger partial charge in [0, 0.05) is 13.1 Å². The predicted octanol–water partition coefficient (Wildman–Crippen LogP) is 0.499. The van der Waals surface area contributed by atoms with E-state index < -0.39 is 21.9 Å². The van der Waals surface area contributed by atoms with Gasteiger partial charge < -0.3 is 5.11 Å². The maximum Gasteiger partial charge on any atom is 0.243 e. The fourth-order valence-electron chi connectivity index (χ4n) is 1.60. The molecule has 1 aromatic rings. The molecule has 0 spiro atoms. The average Bonchev–Trinajstić information content (AvgIpc) is 2.16. The highest BCUT2D eigenvalue weighted by Crippen LogP contribution is 2.24. The molecule has 0 saturated carbocycles. The van der Waals surface area contributed by atoms with Crippen LogP contribution in [0.1, 0.15) is 5.56 Å². The third-order valence-corrected chi connectivity index (χ3v) is 4.57. The lowest BCUT2D eigenvalue weighted by Crippen LogP contribution is -2.53. The standard InChI is InChI=1S/C10H12FNO3S/c1-7-2-3-8(11)4-10(7)16(14,15)12-5-9(13)6-12/h2-4,9,13H,5-6H2,1H3. The molecule has 1 aliphatic rings. The molecule has 0 atom stereocenters. The molecule has 0 aromatic heterocycles. The Morgan fingerprint density at radius 2 is 2.06 bits per heavy atom. The first-order valence-electron chi connectivity index (χ1n) is 4.85. The maximum absolute atomic E-state index is 13.0. The summed E-state index contributed by atoms with van der Waals surface area (Å²) in [5, 5.41) is 9.07. The molecule has 0 amide bonds. The molecular weight excluding hydrogens is 233 g/mol. The fourth-order valence-corrected chi connectivity index (χ4v) is 3.36. The Hall–Kier alpha value is -0.980. The summed E-state index contributed by atoms with van der Waals surface area (Å²) in [5.74, 6) is -0.578. The number of aliphatic hydroxyl groups is 1. The van der Waals surface area contributed by atoms with Crippen molar-refractivity contribution in [2.45, 2.75) is 17.9 Å². The first-order chi connectivity index (χ1) is 7.41. The van der Waals surface area contributed by atoms with Crippen molar-refractivity contribution in [3.05, 3.63) is 29.6 Å². The van der Waals surface area contributed by atoms with Gasteiger partial charge in [-0.05, 0) is 24.6 Å². The highest BCUT2D eigenvalue weighted by atomic mass is 32.2. The van der Waals surface area contributed by atoms with Crippen molar-refractivity contribution in [1.29, 1.82) is 0 Å². The topological polar surface area (TPSA) is 57.6 Å². The van der Waals surface area contributed by atoms with Gasteiger partial charge in [-0.25, -0.2) is 12.8 Å². The van der Waals surface area contributed by atoms with Crippen LogP contribution in [0.3, 0.4) is 0 Å². The van der Waals surface area contributed by atoms with Crippen LogP contribution in [-0.2, 0) is 10.0 Å². The molecule has 16 heavy (non-hydrogen) atoms. The number of hydrogen-bond donors (Lipinski definition) is 1. The van der Waals surface area contributed by atoms with Crippen LogP contribution in [0.15, 0.2) is 23.1 Å². The number of rotatable bonds is 2. The summed E-state index contributed by atoms with van der Waals surface area (Å²) in [5.41, 5.74) is 0.503. The molecule has 0 aliphatic carbocycles. The Morgan fingerprint density at radius 3 is 2.62 bits per heavy atom. The Kier molecular flexibility index (Phi) is 2.73. The van der Waals surface area contributed by atoms with Gasteiger partial charge >= 0.3 is 0 Å². The second-order valence-electron chi connectivity index (χ2n) is 3.89. The number of β-amino-alcohol motifs (C(OH)–C–C–N with tert-alkyl or cyclic N) is 1. The van der Waals surface area contributed by atoms with E-state index in [2.05, 4.69) is 0 Å². The van der Waals surface area contributed by atoms with E-state index in [1.54, 1.807) is 6.92 Å². The Labute approximate surface area is 93.4 Å². The van der Waals surface area contributed by atoms with Crippen LogP contribution in [0, 0.1) is 12.7 Å². The van der Waals surface area contributed by atoms with Crippen molar-refractivity contribution in [1.82, 2.24) is 4.31 Å². The minimum atomic E-state index is -3.66. The first-order valence-corrected chi connectivity index (χ1v) is 6.29. The number of benzene rings is 1. The molecule has 6 heteroatoms. The van der Waals surface area contributed by atoms with Crippen molar-refractivity contribution in [3.63, 3.8) is 0 Å². The molecule has 2 rings (SSSR count).